The van der Waals surface area contributed by atoms with Crippen LogP contribution in [0.3, 0.4) is 0 Å². The summed E-state index contributed by atoms with van der Waals surface area (Å²) in [6.07, 6.45) is 1.27. The maximum Gasteiger partial charge on any atom is 0.0102 e. The average molecular weight is 182 g/mol. The number of thiophene rings is 1. The van der Waals surface area contributed by atoms with Crippen molar-refractivity contribution in [1.82, 2.24) is 0 Å². The van der Waals surface area contributed by atoms with Crippen molar-refractivity contribution >= 4 is 11.3 Å². The van der Waals surface area contributed by atoms with Crippen LogP contribution in [0.1, 0.15) is 39.0 Å². The summed E-state index contributed by atoms with van der Waals surface area (Å²) in [4.78, 5) is 1.51. The first-order valence-electron chi connectivity index (χ1n) is 4.56. The molecule has 1 heterocycles. The fraction of sp³-hybridized carbons (Fsp3) is 0.636. The SMILES string of the molecule is CC(C)CC(C)(C)c1cccs1. The highest BCUT2D eigenvalue weighted by Gasteiger charge is 2.22. The van der Waals surface area contributed by atoms with E-state index in [0.717, 1.165) is 5.92 Å². The fourth-order valence-corrected chi connectivity index (χ4v) is 2.65. The van der Waals surface area contributed by atoms with Crippen molar-refractivity contribution in [3.05, 3.63) is 22.4 Å². The zero-order valence-electron chi connectivity index (χ0n) is 8.42. The molecule has 0 saturated heterocycles. The molecule has 1 aromatic heterocycles. The molecule has 1 heteroatoms. The smallest absolute Gasteiger partial charge is 0.0102 e. The zero-order chi connectivity index (χ0) is 9.19. The molecule has 0 atom stereocenters. The van der Waals surface area contributed by atoms with E-state index in [1.54, 1.807) is 0 Å². The average Bonchev–Trinajstić information content (AvgIpc) is 2.32. The third-order valence-corrected chi connectivity index (χ3v) is 3.34. The predicted molar refractivity (Wildman–Crippen MR) is 56.8 cm³/mol. The minimum absolute atomic E-state index is 0.363. The fourth-order valence-electron chi connectivity index (χ4n) is 1.78. The van der Waals surface area contributed by atoms with Crippen LogP contribution in [0.5, 0.6) is 0 Å². The largest absolute Gasteiger partial charge is 0.148 e. The van der Waals surface area contributed by atoms with Gasteiger partial charge in [-0.05, 0) is 29.2 Å². The minimum Gasteiger partial charge on any atom is -0.148 e. The van der Waals surface area contributed by atoms with Gasteiger partial charge in [0.1, 0.15) is 0 Å². The van der Waals surface area contributed by atoms with E-state index < -0.39 is 0 Å². The van der Waals surface area contributed by atoms with Crippen LogP contribution in [0.15, 0.2) is 17.5 Å². The second kappa shape index (κ2) is 3.61. The van der Waals surface area contributed by atoms with E-state index in [1.807, 2.05) is 11.3 Å². The summed E-state index contributed by atoms with van der Waals surface area (Å²) >= 11 is 1.87. The molecule has 0 nitrogen and oxygen atoms in total. The minimum atomic E-state index is 0.363. The standard InChI is InChI=1S/C11H18S/c1-9(2)8-11(3,4)10-6-5-7-12-10/h5-7,9H,8H2,1-4H3. The number of hydrogen-bond acceptors (Lipinski definition) is 1. The highest BCUT2D eigenvalue weighted by molar-refractivity contribution is 7.10. The third kappa shape index (κ3) is 2.34. The lowest BCUT2D eigenvalue weighted by Gasteiger charge is -2.25. The van der Waals surface area contributed by atoms with Gasteiger partial charge in [-0.2, -0.15) is 0 Å². The van der Waals surface area contributed by atoms with Crippen molar-refractivity contribution in [2.24, 2.45) is 5.92 Å². The van der Waals surface area contributed by atoms with Crippen molar-refractivity contribution in [3.63, 3.8) is 0 Å². The van der Waals surface area contributed by atoms with Gasteiger partial charge in [-0.1, -0.05) is 33.8 Å². The Balaban J connectivity index is 2.72. The van der Waals surface area contributed by atoms with Crippen molar-refractivity contribution in [1.29, 1.82) is 0 Å². The van der Waals surface area contributed by atoms with Crippen LogP contribution in [0.4, 0.5) is 0 Å². The highest BCUT2D eigenvalue weighted by atomic mass is 32.1. The first-order valence-corrected chi connectivity index (χ1v) is 5.44. The number of hydrogen-bond donors (Lipinski definition) is 0. The van der Waals surface area contributed by atoms with Crippen LogP contribution < -0.4 is 0 Å². The Hall–Kier alpha value is -0.300. The van der Waals surface area contributed by atoms with Gasteiger partial charge in [0, 0.05) is 4.88 Å². The van der Waals surface area contributed by atoms with Gasteiger partial charge in [-0.3, -0.25) is 0 Å². The van der Waals surface area contributed by atoms with Crippen LogP contribution >= 0.6 is 11.3 Å². The molecule has 0 aromatic carbocycles. The molecule has 1 rings (SSSR count). The maximum atomic E-state index is 2.33. The molecule has 0 saturated carbocycles. The molecule has 0 aliphatic carbocycles. The lowest BCUT2D eigenvalue weighted by molar-refractivity contribution is 0.406. The monoisotopic (exact) mass is 182 g/mol. The van der Waals surface area contributed by atoms with Crippen molar-refractivity contribution in [3.8, 4) is 0 Å². The van der Waals surface area contributed by atoms with Crippen LogP contribution in [0, 0.1) is 5.92 Å². The van der Waals surface area contributed by atoms with Gasteiger partial charge in [-0.15, -0.1) is 11.3 Å². The van der Waals surface area contributed by atoms with Crippen molar-refractivity contribution in [2.45, 2.75) is 39.5 Å². The topological polar surface area (TPSA) is 0 Å². The second-order valence-electron chi connectivity index (χ2n) is 4.46. The molecule has 0 bridgehead atoms. The molecule has 0 amide bonds. The molecule has 1 aromatic rings. The van der Waals surface area contributed by atoms with Crippen LogP contribution in [0.25, 0.3) is 0 Å². The second-order valence-corrected chi connectivity index (χ2v) is 5.41. The molecule has 68 valence electrons. The Morgan fingerprint density at radius 3 is 2.50 bits per heavy atom. The van der Waals surface area contributed by atoms with Crippen LogP contribution in [0.2, 0.25) is 0 Å². The Kier molecular flexibility index (Phi) is 2.94. The van der Waals surface area contributed by atoms with Crippen molar-refractivity contribution in [2.75, 3.05) is 0 Å². The van der Waals surface area contributed by atoms with Crippen molar-refractivity contribution < 1.29 is 0 Å². The molecule has 0 spiro atoms. The summed E-state index contributed by atoms with van der Waals surface area (Å²) in [6.45, 7) is 9.24. The predicted octanol–water partition coefficient (Wildman–Crippen LogP) is 4.07. The summed E-state index contributed by atoms with van der Waals surface area (Å²) in [5, 5.41) is 2.16. The zero-order valence-corrected chi connectivity index (χ0v) is 9.24. The Morgan fingerprint density at radius 2 is 2.08 bits per heavy atom. The van der Waals surface area contributed by atoms with Gasteiger partial charge in [0.15, 0.2) is 0 Å². The van der Waals surface area contributed by atoms with Gasteiger partial charge >= 0.3 is 0 Å². The Morgan fingerprint density at radius 1 is 1.42 bits per heavy atom. The molecular formula is C11H18S. The van der Waals surface area contributed by atoms with E-state index >= 15 is 0 Å². The van der Waals surface area contributed by atoms with E-state index in [1.165, 1.54) is 11.3 Å². The van der Waals surface area contributed by atoms with Gasteiger partial charge in [0.2, 0.25) is 0 Å². The highest BCUT2D eigenvalue weighted by Crippen LogP contribution is 2.33. The van der Waals surface area contributed by atoms with Gasteiger partial charge in [0.25, 0.3) is 0 Å². The molecule has 12 heavy (non-hydrogen) atoms. The van der Waals surface area contributed by atoms with E-state index in [-0.39, 0.29) is 0 Å². The molecule has 0 fully saturated rings. The van der Waals surface area contributed by atoms with Crippen LogP contribution in [-0.2, 0) is 5.41 Å². The summed E-state index contributed by atoms with van der Waals surface area (Å²) in [5.74, 6) is 0.780. The summed E-state index contributed by atoms with van der Waals surface area (Å²) < 4.78 is 0. The molecule has 0 aliphatic rings. The van der Waals surface area contributed by atoms with E-state index in [4.69, 9.17) is 0 Å². The quantitative estimate of drug-likeness (QED) is 0.661. The summed E-state index contributed by atoms with van der Waals surface area (Å²) in [5.41, 5.74) is 0.363. The number of rotatable bonds is 3. The van der Waals surface area contributed by atoms with E-state index in [2.05, 4.69) is 45.2 Å². The molecule has 0 N–H and O–H groups in total. The summed E-state index contributed by atoms with van der Waals surface area (Å²) in [6, 6.07) is 4.38. The third-order valence-electron chi connectivity index (χ3n) is 2.11. The lowest BCUT2D eigenvalue weighted by atomic mass is 9.83. The normalized spacial score (nSPS) is 12.4. The van der Waals surface area contributed by atoms with Gasteiger partial charge < -0.3 is 0 Å². The Labute approximate surface area is 79.6 Å². The van der Waals surface area contributed by atoms with Gasteiger partial charge in [-0.25, -0.2) is 0 Å². The van der Waals surface area contributed by atoms with Crippen LogP contribution in [-0.4, -0.2) is 0 Å². The van der Waals surface area contributed by atoms with Gasteiger partial charge in [0.05, 0.1) is 0 Å². The first kappa shape index (κ1) is 9.79. The first-order chi connectivity index (χ1) is 5.52. The van der Waals surface area contributed by atoms with E-state index in [9.17, 15) is 0 Å². The lowest BCUT2D eigenvalue weighted by Crippen LogP contribution is -2.17. The molecule has 0 aliphatic heterocycles. The molecule has 0 unspecified atom stereocenters. The van der Waals surface area contributed by atoms with E-state index in [0.29, 0.717) is 5.41 Å². The molecular weight excluding hydrogens is 164 g/mol. The molecule has 0 radical (unpaired) electrons. The maximum absolute atomic E-state index is 2.33. The Bertz CT molecular complexity index is 219. The summed E-state index contributed by atoms with van der Waals surface area (Å²) in [7, 11) is 0.